The van der Waals surface area contributed by atoms with Gasteiger partial charge in [0.1, 0.15) is 36.1 Å². The zero-order valence-electron chi connectivity index (χ0n) is 22.9. The van der Waals surface area contributed by atoms with E-state index in [0.717, 1.165) is 5.57 Å². The van der Waals surface area contributed by atoms with Gasteiger partial charge in [-0.3, -0.25) is 4.79 Å². The topological polar surface area (TPSA) is 176 Å². The van der Waals surface area contributed by atoms with E-state index in [0.29, 0.717) is 18.4 Å². The molecule has 14 unspecified atom stereocenters. The molecule has 0 aromatic carbocycles. The van der Waals surface area contributed by atoms with E-state index in [1.807, 2.05) is 6.92 Å². The molecular weight excluding hydrogens is 524 g/mol. The molecule has 0 radical (unpaired) electrons. The smallest absolute Gasteiger partial charge is 0.331 e. The van der Waals surface area contributed by atoms with Crippen LogP contribution >= 0.6 is 0 Å². The Bertz CT molecular complexity index is 1210. The van der Waals surface area contributed by atoms with Crippen molar-refractivity contribution in [3.8, 4) is 0 Å². The van der Waals surface area contributed by atoms with Crippen molar-refractivity contribution in [2.24, 2.45) is 22.7 Å². The van der Waals surface area contributed by atoms with Crippen LogP contribution < -0.4 is 0 Å². The van der Waals surface area contributed by atoms with Gasteiger partial charge < -0.3 is 44.5 Å². The average molecular weight is 563 g/mol. The van der Waals surface area contributed by atoms with Gasteiger partial charge in [-0.2, -0.15) is 0 Å². The van der Waals surface area contributed by atoms with E-state index in [1.54, 1.807) is 19.9 Å². The third-order valence-corrected chi connectivity index (χ3v) is 11.6. The first-order valence-corrected chi connectivity index (χ1v) is 14.3. The van der Waals surface area contributed by atoms with E-state index >= 15 is 0 Å². The van der Waals surface area contributed by atoms with Gasteiger partial charge in [-0.05, 0) is 56.4 Å². The van der Waals surface area contributed by atoms with Crippen LogP contribution in [-0.4, -0.2) is 104 Å². The number of aliphatic hydroxyl groups excluding tert-OH is 4. The normalized spacial score (nSPS) is 56.8. The van der Waals surface area contributed by atoms with Crippen LogP contribution in [0.2, 0.25) is 0 Å². The Balaban J connectivity index is 1.23. The Morgan fingerprint density at radius 3 is 2.55 bits per heavy atom. The number of esters is 1. The standard InChI is InChI=1S/C29H38O11/c1-12-6-16(30)21(33)25(38-12)39-18-8-14-9-19-29(40-19)23(26(14,2)10-17(18)31)22(34)24(35)27(3)15(4-5-28(27,29)36)13-7-20(32)37-11-13/h7-8,12,15-19,21-23,25,30-31,33-34,36H,4-6,9-11H2,1-3H3. The summed E-state index contributed by atoms with van der Waals surface area (Å²) in [7, 11) is 0. The highest BCUT2D eigenvalue weighted by Crippen LogP contribution is 2.76. The van der Waals surface area contributed by atoms with Crippen LogP contribution in [0.25, 0.3) is 0 Å². The molecule has 3 heterocycles. The first-order valence-electron chi connectivity index (χ1n) is 14.3. The highest BCUT2D eigenvalue weighted by molar-refractivity contribution is 5.94. The lowest BCUT2D eigenvalue weighted by Crippen LogP contribution is -2.75. The maximum Gasteiger partial charge on any atom is 0.331 e. The number of hydrogen-bond donors (Lipinski definition) is 5. The zero-order valence-corrected chi connectivity index (χ0v) is 22.9. The summed E-state index contributed by atoms with van der Waals surface area (Å²) < 4.78 is 23.2. The molecule has 3 saturated carbocycles. The lowest BCUT2D eigenvalue weighted by atomic mass is 9.43. The number of ether oxygens (including phenoxy) is 4. The number of Topliss-reactive ketones (excluding diaryl/α,β-unsaturated/α-hetero) is 1. The highest BCUT2D eigenvalue weighted by Gasteiger charge is 2.88. The third-order valence-electron chi connectivity index (χ3n) is 11.6. The van der Waals surface area contributed by atoms with E-state index in [2.05, 4.69) is 0 Å². The summed E-state index contributed by atoms with van der Waals surface area (Å²) >= 11 is 0. The second kappa shape index (κ2) is 8.44. The summed E-state index contributed by atoms with van der Waals surface area (Å²) in [4.78, 5) is 26.0. The fourth-order valence-corrected chi connectivity index (χ4v) is 9.55. The van der Waals surface area contributed by atoms with Crippen molar-refractivity contribution in [2.75, 3.05) is 6.61 Å². The van der Waals surface area contributed by atoms with Crippen molar-refractivity contribution in [3.63, 3.8) is 0 Å². The number of aliphatic hydroxyl groups is 5. The minimum absolute atomic E-state index is 0.0622. The molecule has 0 aromatic rings. The van der Waals surface area contributed by atoms with Gasteiger partial charge in [-0.25, -0.2) is 4.79 Å². The number of hydrogen-bond acceptors (Lipinski definition) is 11. The molecule has 40 heavy (non-hydrogen) atoms. The van der Waals surface area contributed by atoms with Crippen LogP contribution in [0.5, 0.6) is 0 Å². The predicted molar refractivity (Wildman–Crippen MR) is 134 cm³/mol. The van der Waals surface area contributed by atoms with Crippen molar-refractivity contribution in [1.29, 1.82) is 0 Å². The van der Waals surface area contributed by atoms with Gasteiger partial charge in [-0.15, -0.1) is 0 Å². The summed E-state index contributed by atoms with van der Waals surface area (Å²) in [5.74, 6) is -2.23. The zero-order chi connectivity index (χ0) is 28.6. The van der Waals surface area contributed by atoms with Gasteiger partial charge in [0, 0.05) is 18.4 Å². The third kappa shape index (κ3) is 3.18. The van der Waals surface area contributed by atoms with Gasteiger partial charge in [0.2, 0.25) is 0 Å². The van der Waals surface area contributed by atoms with Crippen LogP contribution in [-0.2, 0) is 28.5 Å². The summed E-state index contributed by atoms with van der Waals surface area (Å²) in [5.41, 5.74) is -3.53. The van der Waals surface area contributed by atoms with E-state index in [-0.39, 0.29) is 32.0 Å². The molecule has 4 aliphatic carbocycles. The summed E-state index contributed by atoms with van der Waals surface area (Å²) in [6.07, 6.45) is -2.89. The largest absolute Gasteiger partial charge is 0.458 e. The molecule has 1 spiro atoms. The molecule has 5 fully saturated rings. The number of carbonyl (C=O) groups excluding carboxylic acids is 2. The maximum absolute atomic E-state index is 14.1. The molecule has 2 saturated heterocycles. The molecule has 5 N–H and O–H groups in total. The Hall–Kier alpha value is -1.70. The SMILES string of the molecule is CC1CC(O)C(O)C(OC2C=C3CC4OC45C(C(O)C(=O)C4(C)C(C6=CC(=O)OC6)CCC45O)C3(C)CC2O)O1. The van der Waals surface area contributed by atoms with E-state index in [1.165, 1.54) is 6.08 Å². The molecule has 7 aliphatic rings. The highest BCUT2D eigenvalue weighted by atomic mass is 16.7. The van der Waals surface area contributed by atoms with Crippen LogP contribution in [0.1, 0.15) is 52.9 Å². The van der Waals surface area contributed by atoms with Gasteiger partial charge in [0.25, 0.3) is 0 Å². The fraction of sp³-hybridized carbons (Fsp3) is 0.793. The molecule has 0 amide bonds. The minimum Gasteiger partial charge on any atom is -0.458 e. The molecule has 3 aliphatic heterocycles. The lowest BCUT2D eigenvalue weighted by Gasteiger charge is -2.61. The molecule has 11 heteroatoms. The Morgan fingerprint density at radius 1 is 1.10 bits per heavy atom. The molecule has 0 bridgehead atoms. The second-order valence-electron chi connectivity index (χ2n) is 13.5. The predicted octanol–water partition coefficient (Wildman–Crippen LogP) is -0.343. The maximum atomic E-state index is 14.1. The molecular formula is C29H38O11. The van der Waals surface area contributed by atoms with Crippen molar-refractivity contribution in [1.82, 2.24) is 0 Å². The van der Waals surface area contributed by atoms with Crippen LogP contribution in [0.4, 0.5) is 0 Å². The fourth-order valence-electron chi connectivity index (χ4n) is 9.55. The van der Waals surface area contributed by atoms with Gasteiger partial charge in [0.15, 0.2) is 12.1 Å². The van der Waals surface area contributed by atoms with Crippen LogP contribution in [0, 0.1) is 22.7 Å². The number of fused-ring (bicyclic) bond motifs is 3. The minimum atomic E-state index is -1.58. The van der Waals surface area contributed by atoms with Crippen molar-refractivity contribution in [2.45, 2.75) is 113 Å². The van der Waals surface area contributed by atoms with Crippen molar-refractivity contribution >= 4 is 11.8 Å². The Morgan fingerprint density at radius 2 is 1.85 bits per heavy atom. The summed E-state index contributed by atoms with van der Waals surface area (Å²) in [5, 5.41) is 56.1. The number of rotatable bonds is 3. The monoisotopic (exact) mass is 562 g/mol. The first kappa shape index (κ1) is 27.2. The summed E-state index contributed by atoms with van der Waals surface area (Å²) in [6.45, 7) is 5.40. The van der Waals surface area contributed by atoms with E-state index < -0.39 is 88.5 Å². The van der Waals surface area contributed by atoms with Crippen molar-refractivity contribution < 1.29 is 54.1 Å². The van der Waals surface area contributed by atoms with Gasteiger partial charge in [0.05, 0.1) is 29.8 Å². The molecule has 220 valence electrons. The van der Waals surface area contributed by atoms with Crippen LogP contribution in [0.15, 0.2) is 23.3 Å². The number of ketones is 1. The second-order valence-corrected chi connectivity index (χ2v) is 13.5. The molecule has 11 nitrogen and oxygen atoms in total. The Labute approximate surface area is 231 Å². The number of epoxide rings is 1. The first-order chi connectivity index (χ1) is 18.8. The Kier molecular flexibility index (Phi) is 5.73. The van der Waals surface area contributed by atoms with Gasteiger partial charge in [-0.1, -0.05) is 18.6 Å². The average Bonchev–Trinajstić information content (AvgIpc) is 3.33. The number of cyclic esters (lactones) is 1. The van der Waals surface area contributed by atoms with E-state index in [9.17, 15) is 35.1 Å². The molecule has 0 aromatic heterocycles. The van der Waals surface area contributed by atoms with Crippen LogP contribution in [0.3, 0.4) is 0 Å². The quantitative estimate of drug-likeness (QED) is 0.173. The lowest BCUT2D eigenvalue weighted by molar-refractivity contribution is -0.282. The van der Waals surface area contributed by atoms with Crippen molar-refractivity contribution in [3.05, 3.63) is 23.3 Å². The van der Waals surface area contributed by atoms with Gasteiger partial charge >= 0.3 is 5.97 Å². The molecule has 7 rings (SSSR count). The molecule has 14 atom stereocenters. The number of carbonyl (C=O) groups is 2. The summed E-state index contributed by atoms with van der Waals surface area (Å²) in [6, 6.07) is 0. The van der Waals surface area contributed by atoms with E-state index in [4.69, 9.17) is 18.9 Å².